The Bertz CT molecular complexity index is 368. The molecule has 0 spiro atoms. The van der Waals surface area contributed by atoms with Gasteiger partial charge in [-0.25, -0.2) is 0 Å². The van der Waals surface area contributed by atoms with Gasteiger partial charge in [-0.1, -0.05) is 6.07 Å². The van der Waals surface area contributed by atoms with Crippen LogP contribution in [0.4, 0.5) is 0 Å². The van der Waals surface area contributed by atoms with Crippen molar-refractivity contribution in [2.45, 2.75) is 25.9 Å². The molecule has 0 amide bonds. The summed E-state index contributed by atoms with van der Waals surface area (Å²) in [6, 6.07) is 4.13. The Hall–Kier alpha value is -0.970. The molecule has 1 aliphatic heterocycles. The van der Waals surface area contributed by atoms with E-state index in [9.17, 15) is 0 Å². The second-order valence-corrected chi connectivity index (χ2v) is 5.01. The van der Waals surface area contributed by atoms with Crippen molar-refractivity contribution in [1.29, 1.82) is 0 Å². The number of hydrogen-bond donors (Lipinski definition) is 1. The third kappa shape index (κ3) is 3.51. The Kier molecular flexibility index (Phi) is 5.11. The molecule has 2 rings (SSSR count). The number of nitrogens with zero attached hydrogens (tertiary/aromatic N) is 2. The predicted octanol–water partition coefficient (Wildman–Crippen LogP) is 1.40. The third-order valence-corrected chi connectivity index (χ3v) is 3.58. The molecule has 1 saturated heterocycles. The molecule has 1 aromatic heterocycles. The lowest BCUT2D eigenvalue weighted by molar-refractivity contribution is 0.0872. The summed E-state index contributed by atoms with van der Waals surface area (Å²) in [5, 5.41) is 0. The van der Waals surface area contributed by atoms with Gasteiger partial charge in [0.05, 0.1) is 12.3 Å². The van der Waals surface area contributed by atoms with E-state index in [1.54, 1.807) is 7.11 Å². The minimum absolute atomic E-state index is 0.519. The maximum Gasteiger partial charge on any atom is 0.0584 e. The largest absolute Gasteiger partial charge is 0.384 e. The van der Waals surface area contributed by atoms with Gasteiger partial charge in [0.25, 0.3) is 0 Å². The van der Waals surface area contributed by atoms with E-state index in [-0.39, 0.29) is 0 Å². The minimum Gasteiger partial charge on any atom is -0.384 e. The van der Waals surface area contributed by atoms with Gasteiger partial charge >= 0.3 is 0 Å². The van der Waals surface area contributed by atoms with Crippen molar-refractivity contribution in [1.82, 2.24) is 9.88 Å². The summed E-state index contributed by atoms with van der Waals surface area (Å²) in [6.07, 6.45) is 4.35. The lowest BCUT2D eigenvalue weighted by Crippen LogP contribution is -2.36. The lowest BCUT2D eigenvalue weighted by Gasteiger charge is -2.32. The third-order valence-electron chi connectivity index (χ3n) is 3.58. The Labute approximate surface area is 109 Å². The summed E-state index contributed by atoms with van der Waals surface area (Å²) in [4.78, 5) is 6.83. The molecule has 2 N–H and O–H groups in total. The summed E-state index contributed by atoms with van der Waals surface area (Å²) in [5.41, 5.74) is 8.01. The van der Waals surface area contributed by atoms with Crippen LogP contribution in [0.3, 0.4) is 0 Å². The minimum atomic E-state index is 0.519. The van der Waals surface area contributed by atoms with Crippen LogP contribution < -0.4 is 5.73 Å². The zero-order valence-corrected chi connectivity index (χ0v) is 11.1. The highest BCUT2D eigenvalue weighted by Crippen LogP contribution is 2.19. The fourth-order valence-electron chi connectivity index (χ4n) is 2.71. The van der Waals surface area contributed by atoms with Crippen LogP contribution in [0, 0.1) is 5.92 Å². The number of likely N-dealkylation sites (tertiary alicyclic amines) is 1. The van der Waals surface area contributed by atoms with Crippen LogP contribution in [0.5, 0.6) is 0 Å². The van der Waals surface area contributed by atoms with Gasteiger partial charge in [-0.15, -0.1) is 0 Å². The topological polar surface area (TPSA) is 51.4 Å². The number of hydrogen-bond acceptors (Lipinski definition) is 4. The molecule has 1 aromatic rings. The summed E-state index contributed by atoms with van der Waals surface area (Å²) in [7, 11) is 1.78. The van der Waals surface area contributed by atoms with Gasteiger partial charge in [0.15, 0.2) is 0 Å². The monoisotopic (exact) mass is 249 g/mol. The quantitative estimate of drug-likeness (QED) is 0.857. The van der Waals surface area contributed by atoms with Crippen molar-refractivity contribution in [2.24, 2.45) is 11.7 Å². The van der Waals surface area contributed by atoms with Gasteiger partial charge in [-0.2, -0.15) is 0 Å². The van der Waals surface area contributed by atoms with Gasteiger partial charge in [0.1, 0.15) is 0 Å². The van der Waals surface area contributed by atoms with Gasteiger partial charge in [0.2, 0.25) is 0 Å². The molecule has 0 aromatic carbocycles. The number of pyridine rings is 1. The van der Waals surface area contributed by atoms with Crippen molar-refractivity contribution >= 4 is 0 Å². The average Bonchev–Trinajstić information content (AvgIpc) is 2.40. The summed E-state index contributed by atoms with van der Waals surface area (Å²) >= 11 is 0. The van der Waals surface area contributed by atoms with Crippen LogP contribution in [-0.2, 0) is 17.8 Å². The highest BCUT2D eigenvalue weighted by atomic mass is 16.5. The number of ether oxygens (including phenoxy) is 1. The second-order valence-electron chi connectivity index (χ2n) is 5.01. The van der Waals surface area contributed by atoms with E-state index in [2.05, 4.69) is 16.0 Å². The van der Waals surface area contributed by atoms with Crippen LogP contribution in [0.2, 0.25) is 0 Å². The normalized spacial score (nSPS) is 21.1. The molecular formula is C14H23N3O. The molecule has 2 heterocycles. The zero-order valence-electron chi connectivity index (χ0n) is 11.1. The molecule has 0 saturated carbocycles. The number of aromatic nitrogens is 1. The predicted molar refractivity (Wildman–Crippen MR) is 72.0 cm³/mol. The smallest absolute Gasteiger partial charge is 0.0584 e. The first-order valence-electron chi connectivity index (χ1n) is 6.67. The Morgan fingerprint density at radius 1 is 1.56 bits per heavy atom. The summed E-state index contributed by atoms with van der Waals surface area (Å²) < 4.78 is 5.27. The van der Waals surface area contributed by atoms with Crippen molar-refractivity contribution in [3.05, 3.63) is 29.6 Å². The maximum atomic E-state index is 5.73. The average molecular weight is 249 g/mol. The first-order chi connectivity index (χ1) is 8.83. The van der Waals surface area contributed by atoms with E-state index in [0.29, 0.717) is 12.5 Å². The number of nitrogens with two attached hydrogens (primary N) is 1. The SMILES string of the molecule is COCC1CCCN(Cc2cccnc2CN)C1. The van der Waals surface area contributed by atoms with Gasteiger partial charge < -0.3 is 10.5 Å². The van der Waals surface area contributed by atoms with Gasteiger partial charge in [-0.3, -0.25) is 9.88 Å². The van der Waals surface area contributed by atoms with Crippen LogP contribution in [0.25, 0.3) is 0 Å². The molecule has 1 fully saturated rings. The van der Waals surface area contributed by atoms with Crippen molar-refractivity contribution in [3.8, 4) is 0 Å². The highest BCUT2D eigenvalue weighted by molar-refractivity contribution is 5.19. The molecule has 1 unspecified atom stereocenters. The number of methoxy groups -OCH3 is 1. The molecule has 0 radical (unpaired) electrons. The Morgan fingerprint density at radius 2 is 2.44 bits per heavy atom. The van der Waals surface area contributed by atoms with Crippen LogP contribution >= 0.6 is 0 Å². The molecular weight excluding hydrogens is 226 g/mol. The fraction of sp³-hybridized carbons (Fsp3) is 0.643. The first-order valence-corrected chi connectivity index (χ1v) is 6.67. The van der Waals surface area contributed by atoms with Crippen LogP contribution in [-0.4, -0.2) is 36.7 Å². The first kappa shape index (κ1) is 13.5. The highest BCUT2D eigenvalue weighted by Gasteiger charge is 2.20. The van der Waals surface area contributed by atoms with Gasteiger partial charge in [0, 0.05) is 32.9 Å². The molecule has 1 aliphatic rings. The van der Waals surface area contributed by atoms with E-state index in [4.69, 9.17) is 10.5 Å². The van der Waals surface area contributed by atoms with E-state index in [1.807, 2.05) is 12.3 Å². The fourth-order valence-corrected chi connectivity index (χ4v) is 2.71. The number of rotatable bonds is 5. The zero-order chi connectivity index (χ0) is 12.8. The van der Waals surface area contributed by atoms with Crippen molar-refractivity contribution in [2.75, 3.05) is 26.8 Å². The van der Waals surface area contributed by atoms with Crippen molar-refractivity contribution < 1.29 is 4.74 Å². The Balaban J connectivity index is 1.96. The molecule has 4 heteroatoms. The van der Waals surface area contributed by atoms with Crippen LogP contribution in [0.1, 0.15) is 24.1 Å². The molecule has 1 atom stereocenters. The Morgan fingerprint density at radius 3 is 3.22 bits per heavy atom. The molecule has 100 valence electrons. The van der Waals surface area contributed by atoms with E-state index < -0.39 is 0 Å². The molecule has 0 bridgehead atoms. The maximum absolute atomic E-state index is 5.73. The number of piperidine rings is 1. The summed E-state index contributed by atoms with van der Waals surface area (Å²) in [6.45, 7) is 4.63. The molecule has 0 aliphatic carbocycles. The molecule has 18 heavy (non-hydrogen) atoms. The lowest BCUT2D eigenvalue weighted by atomic mass is 9.98. The molecule has 4 nitrogen and oxygen atoms in total. The van der Waals surface area contributed by atoms with E-state index >= 15 is 0 Å². The second kappa shape index (κ2) is 6.83. The standard InChI is InChI=1S/C14H23N3O/c1-18-11-12-4-3-7-17(9-12)10-13-5-2-6-16-14(13)8-15/h2,5-6,12H,3-4,7-11,15H2,1H3. The van der Waals surface area contributed by atoms with E-state index in [1.165, 1.54) is 24.9 Å². The van der Waals surface area contributed by atoms with Crippen LogP contribution in [0.15, 0.2) is 18.3 Å². The van der Waals surface area contributed by atoms with Gasteiger partial charge in [-0.05, 0) is 36.9 Å². The van der Waals surface area contributed by atoms with Crippen molar-refractivity contribution in [3.63, 3.8) is 0 Å². The summed E-state index contributed by atoms with van der Waals surface area (Å²) in [5.74, 6) is 0.668. The van der Waals surface area contributed by atoms with E-state index in [0.717, 1.165) is 25.4 Å².